The lowest BCUT2D eigenvalue weighted by Gasteiger charge is -2.23. The number of nitrogens with one attached hydrogen (secondary N) is 1. The molecule has 1 aliphatic rings. The molecule has 2 aromatic heterocycles. The van der Waals surface area contributed by atoms with Gasteiger partial charge in [-0.15, -0.1) is 0 Å². The fourth-order valence-electron chi connectivity index (χ4n) is 3.47. The van der Waals surface area contributed by atoms with Crippen LogP contribution in [0.2, 0.25) is 0 Å². The second kappa shape index (κ2) is 6.05. The molecular formula is C19H21N3O. The number of hydrogen-bond donors (Lipinski definition) is 1. The van der Waals surface area contributed by atoms with E-state index >= 15 is 0 Å². The quantitative estimate of drug-likeness (QED) is 0.805. The fraction of sp³-hybridized carbons (Fsp3) is 0.316. The number of rotatable bonds is 3. The molecule has 0 atom stereocenters. The number of imidazole rings is 1. The zero-order valence-corrected chi connectivity index (χ0v) is 13.3. The summed E-state index contributed by atoms with van der Waals surface area (Å²) < 4.78 is 7.62. The molecule has 0 amide bonds. The van der Waals surface area contributed by atoms with Gasteiger partial charge in [-0.2, -0.15) is 0 Å². The minimum atomic E-state index is 0.591. The molecule has 1 N–H and O–H groups in total. The van der Waals surface area contributed by atoms with Gasteiger partial charge in [0.25, 0.3) is 0 Å². The van der Waals surface area contributed by atoms with E-state index in [-0.39, 0.29) is 0 Å². The van der Waals surface area contributed by atoms with Crippen molar-refractivity contribution < 1.29 is 4.74 Å². The molecule has 1 fully saturated rings. The van der Waals surface area contributed by atoms with E-state index in [4.69, 9.17) is 9.72 Å². The normalized spacial score (nSPS) is 15.9. The third kappa shape index (κ3) is 2.59. The smallest absolute Gasteiger partial charge is 0.140 e. The highest BCUT2D eigenvalue weighted by Crippen LogP contribution is 2.32. The highest BCUT2D eigenvalue weighted by molar-refractivity contribution is 5.70. The Morgan fingerprint density at radius 1 is 1.13 bits per heavy atom. The van der Waals surface area contributed by atoms with E-state index in [9.17, 15) is 0 Å². The number of piperidine rings is 1. The first-order valence-electron chi connectivity index (χ1n) is 8.18. The van der Waals surface area contributed by atoms with E-state index in [1.165, 1.54) is 18.4 Å². The minimum absolute atomic E-state index is 0.591. The number of para-hydroxylation sites is 1. The molecule has 0 aliphatic carbocycles. The molecule has 0 bridgehead atoms. The molecule has 0 radical (unpaired) electrons. The fourth-order valence-corrected chi connectivity index (χ4v) is 3.47. The number of methoxy groups -OCH3 is 1. The lowest BCUT2D eigenvalue weighted by Crippen LogP contribution is -2.26. The molecule has 0 unspecified atom stereocenters. The summed E-state index contributed by atoms with van der Waals surface area (Å²) in [7, 11) is 1.70. The first kappa shape index (κ1) is 14.3. The van der Waals surface area contributed by atoms with Crippen LogP contribution >= 0.6 is 0 Å². The Labute approximate surface area is 136 Å². The molecule has 118 valence electrons. The molecule has 0 saturated carbocycles. The highest BCUT2D eigenvalue weighted by Gasteiger charge is 2.19. The lowest BCUT2D eigenvalue weighted by atomic mass is 9.91. The van der Waals surface area contributed by atoms with Crippen molar-refractivity contribution in [3.63, 3.8) is 0 Å². The molecule has 23 heavy (non-hydrogen) atoms. The van der Waals surface area contributed by atoms with Crippen LogP contribution in [0.5, 0.6) is 5.75 Å². The van der Waals surface area contributed by atoms with Crippen LogP contribution in [-0.2, 0) is 0 Å². The summed E-state index contributed by atoms with van der Waals surface area (Å²) in [4.78, 5) is 4.93. The zero-order chi connectivity index (χ0) is 15.6. The maximum atomic E-state index is 5.48. The van der Waals surface area contributed by atoms with Crippen LogP contribution in [0, 0.1) is 0 Å². The second-order valence-electron chi connectivity index (χ2n) is 6.05. The van der Waals surface area contributed by atoms with Crippen molar-refractivity contribution in [2.75, 3.05) is 20.2 Å². The van der Waals surface area contributed by atoms with Gasteiger partial charge in [0.15, 0.2) is 0 Å². The molecule has 1 saturated heterocycles. The summed E-state index contributed by atoms with van der Waals surface area (Å²) in [5, 5.41) is 3.43. The Kier molecular flexibility index (Phi) is 3.75. The van der Waals surface area contributed by atoms with Crippen molar-refractivity contribution in [2.45, 2.75) is 18.8 Å². The van der Waals surface area contributed by atoms with Gasteiger partial charge in [-0.25, -0.2) is 4.98 Å². The average molecular weight is 307 g/mol. The summed E-state index contributed by atoms with van der Waals surface area (Å²) in [6.07, 6.45) is 6.52. The molecule has 1 aliphatic heterocycles. The van der Waals surface area contributed by atoms with Crippen LogP contribution in [0.1, 0.15) is 24.3 Å². The van der Waals surface area contributed by atoms with Gasteiger partial charge < -0.3 is 14.5 Å². The molecule has 4 heteroatoms. The molecule has 1 aromatic carbocycles. The Morgan fingerprint density at radius 3 is 2.78 bits per heavy atom. The van der Waals surface area contributed by atoms with Crippen LogP contribution in [-0.4, -0.2) is 29.6 Å². The number of pyridine rings is 1. The number of benzene rings is 1. The average Bonchev–Trinajstić information content (AvgIpc) is 3.06. The van der Waals surface area contributed by atoms with Gasteiger partial charge in [-0.1, -0.05) is 18.2 Å². The Bertz CT molecular complexity index is 818. The van der Waals surface area contributed by atoms with E-state index in [0.29, 0.717) is 5.92 Å². The predicted octanol–water partition coefficient (Wildman–Crippen LogP) is 3.48. The van der Waals surface area contributed by atoms with Crippen LogP contribution < -0.4 is 10.1 Å². The first-order valence-corrected chi connectivity index (χ1v) is 8.18. The highest BCUT2D eigenvalue weighted by atomic mass is 16.5. The Balaban J connectivity index is 1.81. The molecule has 4 nitrogen and oxygen atoms in total. The number of ether oxygens (including phenoxy) is 1. The van der Waals surface area contributed by atoms with E-state index in [1.54, 1.807) is 7.11 Å². The third-order valence-corrected chi connectivity index (χ3v) is 4.67. The Morgan fingerprint density at radius 2 is 1.96 bits per heavy atom. The van der Waals surface area contributed by atoms with Crippen LogP contribution in [0.3, 0.4) is 0 Å². The summed E-state index contributed by atoms with van der Waals surface area (Å²) in [5.41, 5.74) is 4.43. The first-order chi connectivity index (χ1) is 11.4. The monoisotopic (exact) mass is 307 g/mol. The van der Waals surface area contributed by atoms with Gasteiger partial charge in [0.1, 0.15) is 11.4 Å². The Hall–Kier alpha value is -2.33. The van der Waals surface area contributed by atoms with Crippen molar-refractivity contribution in [1.82, 2.24) is 14.7 Å². The van der Waals surface area contributed by atoms with Crippen LogP contribution in [0.25, 0.3) is 16.9 Å². The largest absolute Gasteiger partial charge is 0.496 e. The maximum absolute atomic E-state index is 5.48. The molecule has 4 rings (SSSR count). The second-order valence-corrected chi connectivity index (χ2v) is 6.05. The maximum Gasteiger partial charge on any atom is 0.140 e. The number of nitrogens with zero attached hydrogens (tertiary/aromatic N) is 2. The van der Waals surface area contributed by atoms with Crippen LogP contribution in [0.4, 0.5) is 0 Å². The molecule has 3 aromatic rings. The van der Waals surface area contributed by atoms with Crippen molar-refractivity contribution in [3.05, 3.63) is 54.4 Å². The van der Waals surface area contributed by atoms with Crippen molar-refractivity contribution in [1.29, 1.82) is 0 Å². The van der Waals surface area contributed by atoms with Crippen molar-refractivity contribution in [3.8, 4) is 17.0 Å². The van der Waals surface area contributed by atoms with E-state index in [1.807, 2.05) is 18.2 Å². The van der Waals surface area contributed by atoms with E-state index < -0.39 is 0 Å². The standard InChI is InChI=1S/C19H21N3O/c1-23-18-7-3-2-5-16(18)17-13-22-12-4-6-15(19(22)21-17)14-8-10-20-11-9-14/h2-7,12-14,20H,8-11H2,1H3. The zero-order valence-electron chi connectivity index (χ0n) is 13.3. The van der Waals surface area contributed by atoms with Gasteiger partial charge in [0, 0.05) is 18.0 Å². The van der Waals surface area contributed by atoms with Crippen LogP contribution in [0.15, 0.2) is 48.8 Å². The van der Waals surface area contributed by atoms with Gasteiger partial charge in [0.2, 0.25) is 0 Å². The third-order valence-electron chi connectivity index (χ3n) is 4.67. The topological polar surface area (TPSA) is 38.6 Å². The van der Waals surface area contributed by atoms with E-state index in [2.05, 4.69) is 40.3 Å². The molecule has 3 heterocycles. The van der Waals surface area contributed by atoms with E-state index in [0.717, 1.165) is 35.7 Å². The van der Waals surface area contributed by atoms with Crippen molar-refractivity contribution in [2.24, 2.45) is 0 Å². The summed E-state index contributed by atoms with van der Waals surface area (Å²) in [6.45, 7) is 2.18. The predicted molar refractivity (Wildman–Crippen MR) is 92.0 cm³/mol. The number of aromatic nitrogens is 2. The van der Waals surface area contributed by atoms with Gasteiger partial charge in [0.05, 0.1) is 12.8 Å². The summed E-state index contributed by atoms with van der Waals surface area (Å²) >= 11 is 0. The summed E-state index contributed by atoms with van der Waals surface area (Å²) in [5.74, 6) is 1.45. The lowest BCUT2D eigenvalue weighted by molar-refractivity contribution is 0.416. The summed E-state index contributed by atoms with van der Waals surface area (Å²) in [6, 6.07) is 12.4. The number of fused-ring (bicyclic) bond motifs is 1. The van der Waals surface area contributed by atoms with Gasteiger partial charge >= 0.3 is 0 Å². The SMILES string of the molecule is COc1ccccc1-c1cn2cccc(C3CCNCC3)c2n1. The van der Waals surface area contributed by atoms with Gasteiger partial charge in [-0.3, -0.25) is 0 Å². The minimum Gasteiger partial charge on any atom is -0.496 e. The molecule has 0 spiro atoms. The number of hydrogen-bond acceptors (Lipinski definition) is 3. The van der Waals surface area contributed by atoms with Crippen molar-refractivity contribution >= 4 is 5.65 Å². The molecular weight excluding hydrogens is 286 g/mol. The van der Waals surface area contributed by atoms with Gasteiger partial charge in [-0.05, 0) is 55.6 Å².